The van der Waals surface area contributed by atoms with Gasteiger partial charge in [-0.25, -0.2) is 13.1 Å². The van der Waals surface area contributed by atoms with E-state index in [1.54, 1.807) is 24.3 Å². The summed E-state index contributed by atoms with van der Waals surface area (Å²) in [6.45, 7) is 8.97. The van der Waals surface area contributed by atoms with Gasteiger partial charge < -0.3 is 0 Å². The molecular weight excluding hydrogens is 326 g/mol. The molecule has 0 bridgehead atoms. The van der Waals surface area contributed by atoms with Crippen LogP contribution in [0.25, 0.3) is 0 Å². The zero-order valence-electron chi connectivity index (χ0n) is 11.9. The molecule has 0 aliphatic rings. The molecule has 0 amide bonds. The van der Waals surface area contributed by atoms with Crippen LogP contribution in [-0.2, 0) is 10.0 Å². The fraction of sp³-hybridized carbons (Fsp3) is 0.571. The van der Waals surface area contributed by atoms with E-state index in [1.807, 2.05) is 0 Å². The minimum Gasteiger partial charge on any atom is -0.211 e. The maximum Gasteiger partial charge on any atom is 0.240 e. The molecule has 0 saturated carbocycles. The van der Waals surface area contributed by atoms with Crippen LogP contribution in [0.4, 0.5) is 0 Å². The third-order valence-corrected chi connectivity index (χ3v) is 5.31. The van der Waals surface area contributed by atoms with Crippen molar-refractivity contribution in [1.29, 1.82) is 0 Å². The maximum atomic E-state index is 12.2. The van der Waals surface area contributed by atoms with Crippen molar-refractivity contribution < 1.29 is 8.42 Å². The summed E-state index contributed by atoms with van der Waals surface area (Å²) >= 11 is 3.30. The summed E-state index contributed by atoms with van der Waals surface area (Å²) in [6, 6.07) is 6.67. The molecule has 0 aliphatic carbocycles. The fourth-order valence-corrected chi connectivity index (χ4v) is 3.48. The molecule has 0 unspecified atom stereocenters. The highest BCUT2D eigenvalue weighted by Gasteiger charge is 2.21. The lowest BCUT2D eigenvalue weighted by Crippen LogP contribution is -2.33. The second kappa shape index (κ2) is 6.86. The Morgan fingerprint density at radius 2 is 1.53 bits per heavy atom. The van der Waals surface area contributed by atoms with E-state index >= 15 is 0 Å². The number of sulfonamides is 1. The van der Waals surface area contributed by atoms with Gasteiger partial charge in [-0.2, -0.15) is 0 Å². The van der Waals surface area contributed by atoms with Crippen LogP contribution >= 0.6 is 15.9 Å². The molecule has 0 saturated heterocycles. The molecule has 1 rings (SSSR count). The van der Waals surface area contributed by atoms with Gasteiger partial charge in [0, 0.05) is 11.0 Å². The van der Waals surface area contributed by atoms with E-state index in [4.69, 9.17) is 0 Å². The van der Waals surface area contributed by atoms with E-state index in [1.165, 1.54) is 0 Å². The summed E-state index contributed by atoms with van der Waals surface area (Å²) in [7, 11) is -3.41. The van der Waals surface area contributed by atoms with Crippen molar-refractivity contribution in [3.05, 3.63) is 28.7 Å². The zero-order valence-corrected chi connectivity index (χ0v) is 14.3. The molecule has 1 aromatic rings. The molecule has 1 N–H and O–H groups in total. The Hall–Kier alpha value is -0.390. The lowest BCUT2D eigenvalue weighted by molar-refractivity contribution is 0.289. The van der Waals surface area contributed by atoms with Crippen molar-refractivity contribution in [1.82, 2.24) is 4.72 Å². The predicted molar refractivity (Wildman–Crippen MR) is 82.5 cm³/mol. The molecule has 0 radical (unpaired) electrons. The maximum absolute atomic E-state index is 12.2. The number of benzene rings is 1. The molecule has 5 heteroatoms. The van der Waals surface area contributed by atoms with Gasteiger partial charge in [0.25, 0.3) is 0 Å². The highest BCUT2D eigenvalue weighted by Crippen LogP contribution is 2.21. The first-order valence-corrected chi connectivity index (χ1v) is 8.77. The smallest absolute Gasteiger partial charge is 0.211 e. The number of hydrogen-bond acceptors (Lipinski definition) is 2. The first-order valence-electron chi connectivity index (χ1n) is 6.49. The third kappa shape index (κ3) is 4.89. The number of nitrogens with one attached hydrogen (secondary N) is 1. The van der Waals surface area contributed by atoms with Crippen LogP contribution in [0, 0.1) is 17.8 Å². The Bertz CT molecular complexity index is 487. The monoisotopic (exact) mass is 347 g/mol. The van der Waals surface area contributed by atoms with Crippen molar-refractivity contribution in [2.24, 2.45) is 17.8 Å². The van der Waals surface area contributed by atoms with Gasteiger partial charge in [0.1, 0.15) is 0 Å². The Morgan fingerprint density at radius 3 is 1.95 bits per heavy atom. The Morgan fingerprint density at radius 1 is 1.05 bits per heavy atom. The Kier molecular flexibility index (Phi) is 6.02. The molecule has 0 aliphatic heterocycles. The lowest BCUT2D eigenvalue weighted by Gasteiger charge is -2.25. The van der Waals surface area contributed by atoms with Crippen LogP contribution in [0.5, 0.6) is 0 Å². The number of hydrogen-bond donors (Lipinski definition) is 1. The van der Waals surface area contributed by atoms with E-state index in [9.17, 15) is 8.42 Å². The van der Waals surface area contributed by atoms with Crippen LogP contribution in [-0.4, -0.2) is 15.0 Å². The van der Waals surface area contributed by atoms with Crippen LogP contribution < -0.4 is 4.72 Å². The minimum atomic E-state index is -3.41. The Balaban J connectivity index is 2.78. The van der Waals surface area contributed by atoms with Crippen molar-refractivity contribution >= 4 is 26.0 Å². The predicted octanol–water partition coefficient (Wildman–Crippen LogP) is 3.66. The summed E-state index contributed by atoms with van der Waals surface area (Å²) in [4.78, 5) is 0.307. The van der Waals surface area contributed by atoms with Crippen molar-refractivity contribution in [3.63, 3.8) is 0 Å². The van der Waals surface area contributed by atoms with Gasteiger partial charge >= 0.3 is 0 Å². The molecule has 0 spiro atoms. The Labute approximate surface area is 125 Å². The van der Waals surface area contributed by atoms with Crippen molar-refractivity contribution in [2.75, 3.05) is 6.54 Å². The topological polar surface area (TPSA) is 46.2 Å². The quantitative estimate of drug-likeness (QED) is 0.853. The van der Waals surface area contributed by atoms with Crippen molar-refractivity contribution in [2.45, 2.75) is 32.6 Å². The van der Waals surface area contributed by atoms with E-state index in [-0.39, 0.29) is 0 Å². The molecule has 108 valence electrons. The largest absolute Gasteiger partial charge is 0.240 e. The van der Waals surface area contributed by atoms with E-state index in [0.29, 0.717) is 29.2 Å². The third-order valence-electron chi connectivity index (χ3n) is 3.35. The fourth-order valence-electron chi connectivity index (χ4n) is 2.14. The molecule has 1 aromatic carbocycles. The van der Waals surface area contributed by atoms with Gasteiger partial charge in [0.05, 0.1) is 4.90 Å². The second-order valence-corrected chi connectivity index (χ2v) is 8.14. The first-order chi connectivity index (χ1) is 8.74. The van der Waals surface area contributed by atoms with E-state index in [0.717, 1.165) is 4.47 Å². The summed E-state index contributed by atoms with van der Waals surface area (Å²) in [5.74, 6) is 1.24. The molecule has 0 fully saturated rings. The molecule has 19 heavy (non-hydrogen) atoms. The first kappa shape index (κ1) is 16.7. The summed E-state index contributed by atoms with van der Waals surface area (Å²) in [5, 5.41) is 0. The van der Waals surface area contributed by atoms with Gasteiger partial charge in [-0.15, -0.1) is 0 Å². The van der Waals surface area contributed by atoms with Crippen LogP contribution in [0.3, 0.4) is 0 Å². The lowest BCUT2D eigenvalue weighted by atomic mass is 9.86. The molecular formula is C14H22BrNO2S. The van der Waals surface area contributed by atoms with Gasteiger partial charge in [-0.05, 0) is 42.0 Å². The normalized spacial score (nSPS) is 12.6. The van der Waals surface area contributed by atoms with E-state index in [2.05, 4.69) is 48.3 Å². The van der Waals surface area contributed by atoms with Gasteiger partial charge in [-0.1, -0.05) is 43.6 Å². The van der Waals surface area contributed by atoms with E-state index < -0.39 is 10.0 Å². The van der Waals surface area contributed by atoms with Crippen molar-refractivity contribution in [3.8, 4) is 0 Å². The molecule has 0 aromatic heterocycles. The van der Waals surface area contributed by atoms with Crippen LogP contribution in [0.2, 0.25) is 0 Å². The highest BCUT2D eigenvalue weighted by molar-refractivity contribution is 9.10. The molecule has 0 atom stereocenters. The zero-order chi connectivity index (χ0) is 14.6. The van der Waals surface area contributed by atoms with Crippen LogP contribution in [0.1, 0.15) is 27.7 Å². The number of halogens is 1. The average molecular weight is 348 g/mol. The standard InChI is InChI=1S/C14H22BrNO2S/c1-10(2)14(11(3)4)9-16-19(17,18)13-7-5-12(15)6-8-13/h5-8,10-11,14,16H,9H2,1-4H3. The van der Waals surface area contributed by atoms with Crippen LogP contribution in [0.15, 0.2) is 33.6 Å². The minimum absolute atomic E-state index is 0.307. The highest BCUT2D eigenvalue weighted by atomic mass is 79.9. The van der Waals surface area contributed by atoms with Gasteiger partial charge in [0.2, 0.25) is 10.0 Å². The van der Waals surface area contributed by atoms with Gasteiger partial charge in [-0.3, -0.25) is 0 Å². The SMILES string of the molecule is CC(C)C(CNS(=O)(=O)c1ccc(Br)cc1)C(C)C. The average Bonchev–Trinajstić information content (AvgIpc) is 2.28. The molecule has 3 nitrogen and oxygen atoms in total. The second-order valence-electron chi connectivity index (χ2n) is 5.46. The van der Waals surface area contributed by atoms with Gasteiger partial charge in [0.15, 0.2) is 0 Å². The molecule has 0 heterocycles. The summed E-state index contributed by atoms with van der Waals surface area (Å²) in [6.07, 6.45) is 0. The number of rotatable bonds is 6. The summed E-state index contributed by atoms with van der Waals surface area (Å²) in [5.41, 5.74) is 0. The summed E-state index contributed by atoms with van der Waals surface area (Å²) < 4.78 is 27.9.